The van der Waals surface area contributed by atoms with Crippen molar-refractivity contribution in [2.75, 3.05) is 18.6 Å². The number of nitrogens with two attached hydrogens (primary N) is 2. The Kier molecular flexibility index (Phi) is 24.1. The fraction of sp³-hybridized carbons (Fsp3) is 0.609. The summed E-state index contributed by atoms with van der Waals surface area (Å²) in [5.74, 6) is -7.28. The van der Waals surface area contributed by atoms with E-state index in [-0.39, 0.29) is 25.2 Å². The number of aromatic amines is 1. The summed E-state index contributed by atoms with van der Waals surface area (Å²) < 4.78 is 5.21. The number of amides is 10. The third kappa shape index (κ3) is 20.7. The Morgan fingerprint density at radius 3 is 1.87 bits per heavy atom. The van der Waals surface area contributed by atoms with Crippen molar-refractivity contribution in [2.45, 2.75) is 148 Å². The van der Waals surface area contributed by atoms with Gasteiger partial charge in [0.2, 0.25) is 53.2 Å². The first-order valence-electron chi connectivity index (χ1n) is 23.0. The van der Waals surface area contributed by atoms with E-state index in [9.17, 15) is 53.1 Å². The van der Waals surface area contributed by atoms with Crippen LogP contribution in [0, 0.1) is 11.8 Å². The van der Waals surface area contributed by atoms with Crippen molar-refractivity contribution in [1.82, 2.24) is 47.5 Å². The molecule has 0 fully saturated rings. The van der Waals surface area contributed by atoms with E-state index in [0.717, 1.165) is 5.52 Å². The van der Waals surface area contributed by atoms with Crippen LogP contribution in [0.15, 0.2) is 30.5 Å². The van der Waals surface area contributed by atoms with E-state index in [1.54, 1.807) is 65.1 Å². The second-order valence-electron chi connectivity index (χ2n) is 18.7. The first kappa shape index (κ1) is 59.7. The summed E-state index contributed by atoms with van der Waals surface area (Å²) in [4.78, 5) is 134. The van der Waals surface area contributed by atoms with E-state index >= 15 is 0 Å². The minimum atomic E-state index is -1.61. The molecule has 0 aliphatic rings. The van der Waals surface area contributed by atoms with E-state index in [4.69, 9.17) is 16.2 Å². The quantitative estimate of drug-likeness (QED) is 0.0499. The number of alkyl carbamates (subject to hydrolysis) is 1. The van der Waals surface area contributed by atoms with Gasteiger partial charge in [-0.1, -0.05) is 45.9 Å². The summed E-state index contributed by atoms with van der Waals surface area (Å²) in [7, 11) is 0. The van der Waals surface area contributed by atoms with Crippen LogP contribution in [-0.2, 0) is 54.3 Å². The molecule has 390 valence electrons. The van der Waals surface area contributed by atoms with Gasteiger partial charge in [0.15, 0.2) is 0 Å². The highest BCUT2D eigenvalue weighted by atomic mass is 32.2. The molecule has 8 atom stereocenters. The number of carbonyl (C=O) groups is 10. The number of aromatic nitrogens is 1. The van der Waals surface area contributed by atoms with Crippen LogP contribution < -0.4 is 54.0 Å². The van der Waals surface area contributed by atoms with Gasteiger partial charge in [0.1, 0.15) is 47.9 Å². The molecule has 0 radical (unpaired) electrons. The van der Waals surface area contributed by atoms with E-state index < -0.39 is 132 Å². The summed E-state index contributed by atoms with van der Waals surface area (Å²) in [6, 6.07) is -1.96. The topological polar surface area (TPSA) is 364 Å². The monoisotopic (exact) mass is 1000 g/mol. The molecule has 0 saturated heterocycles. The number of carbonyl (C=O) groups excluding carboxylic acids is 10. The fourth-order valence-electron chi connectivity index (χ4n) is 6.87. The molecule has 0 saturated carbocycles. The second-order valence-corrected chi connectivity index (χ2v) is 19.7. The molecule has 10 amide bonds. The number of nitrogens with one attached hydrogen (secondary N) is 9. The average Bonchev–Trinajstić information content (AvgIpc) is 3.67. The van der Waals surface area contributed by atoms with Crippen LogP contribution in [-0.4, -0.2) is 142 Å². The Morgan fingerprint density at radius 2 is 1.30 bits per heavy atom. The lowest BCUT2D eigenvalue weighted by Gasteiger charge is -2.28. The van der Waals surface area contributed by atoms with Crippen LogP contribution in [0.4, 0.5) is 4.79 Å². The molecular formula is C46H73N11O12S. The number of para-hydroxylation sites is 1. The number of primary amides is 2. The van der Waals surface area contributed by atoms with Gasteiger partial charge in [-0.2, -0.15) is 11.8 Å². The number of hydrogen-bond acceptors (Lipinski definition) is 13. The molecule has 0 spiro atoms. The van der Waals surface area contributed by atoms with Gasteiger partial charge in [0.25, 0.3) is 0 Å². The number of ether oxygens (including phenoxy) is 1. The number of H-pyrrole nitrogens is 1. The van der Waals surface area contributed by atoms with Crippen LogP contribution >= 0.6 is 11.8 Å². The van der Waals surface area contributed by atoms with Gasteiger partial charge in [-0.15, -0.1) is 0 Å². The Bertz CT molecular complexity index is 2160. The summed E-state index contributed by atoms with van der Waals surface area (Å²) in [5.41, 5.74) is 11.2. The fourth-order valence-corrected chi connectivity index (χ4v) is 7.34. The number of thioether (sulfide) groups is 1. The zero-order valence-electron chi connectivity index (χ0n) is 41.6. The van der Waals surface area contributed by atoms with Gasteiger partial charge in [-0.3, -0.25) is 43.2 Å². The van der Waals surface area contributed by atoms with Gasteiger partial charge in [0, 0.05) is 29.9 Å². The zero-order valence-corrected chi connectivity index (χ0v) is 42.4. The highest BCUT2D eigenvalue weighted by Crippen LogP contribution is 2.20. The van der Waals surface area contributed by atoms with Crippen molar-refractivity contribution in [3.05, 3.63) is 36.0 Å². The molecule has 0 aliphatic carbocycles. The van der Waals surface area contributed by atoms with Crippen molar-refractivity contribution in [2.24, 2.45) is 23.3 Å². The zero-order chi connectivity index (χ0) is 53.0. The standard InChI is InChI=1S/C46H73N11O12S/c1-23(2)19-32(42(65)53-30(38(48)61)17-18-70-10)52-35(60)22-50-43(66)36(24(3)4)56-39(62)25(5)51-41(64)33(20-27-21-49-29-14-12-11-13-28(27)29)55-40(63)31(15-16-34(47)59)54-44(67)37(26(6)58)57-45(68)69-46(7,8)9/h11-14,21,23-26,30-33,36-37,49,58H,15-20,22H2,1-10H3,(H2,47,59)(H2,48,61)(H,50,66)(H,51,64)(H,52,60)(H,53,65)(H,54,67)(H,55,63)(H,56,62)(H,57,68)/t25-,26+,30-,31-,32-,33-,36-,37-/m0/s1. The SMILES string of the molecule is CSCC[C@H](NC(=O)[C@H](CC(C)C)NC(=O)CNC(=O)[C@@H](NC(=O)[C@H](C)NC(=O)[C@H](Cc1c[nH]c2ccccc12)NC(=O)[C@H](CCC(N)=O)NC(=O)[C@@H](NC(=O)OC(C)(C)C)[C@@H](C)O)C(C)C)C(N)=O. The maximum absolute atomic E-state index is 14.1. The predicted molar refractivity (Wildman–Crippen MR) is 262 cm³/mol. The number of fused-ring (bicyclic) bond motifs is 1. The van der Waals surface area contributed by atoms with E-state index in [1.165, 1.54) is 25.6 Å². The van der Waals surface area contributed by atoms with E-state index in [2.05, 4.69) is 47.5 Å². The van der Waals surface area contributed by atoms with Gasteiger partial charge in [0.05, 0.1) is 12.6 Å². The highest BCUT2D eigenvalue weighted by molar-refractivity contribution is 7.98. The molecule has 0 bridgehead atoms. The number of benzene rings is 1. The molecule has 0 aliphatic heterocycles. The summed E-state index contributed by atoms with van der Waals surface area (Å²) >= 11 is 1.47. The van der Waals surface area contributed by atoms with Gasteiger partial charge in [-0.05, 0) is 89.4 Å². The molecule has 70 heavy (non-hydrogen) atoms. The highest BCUT2D eigenvalue weighted by Gasteiger charge is 2.35. The molecule has 24 heteroatoms. The lowest BCUT2D eigenvalue weighted by Crippen LogP contribution is -2.60. The number of aliphatic hydroxyl groups excluding tert-OH is 1. The van der Waals surface area contributed by atoms with Crippen molar-refractivity contribution < 1.29 is 57.8 Å². The van der Waals surface area contributed by atoms with Gasteiger partial charge < -0.3 is 68.8 Å². The van der Waals surface area contributed by atoms with Crippen molar-refractivity contribution >= 4 is 81.9 Å². The maximum atomic E-state index is 14.1. The van der Waals surface area contributed by atoms with E-state index in [0.29, 0.717) is 23.1 Å². The first-order valence-corrected chi connectivity index (χ1v) is 24.4. The Morgan fingerprint density at radius 1 is 0.700 bits per heavy atom. The lowest BCUT2D eigenvalue weighted by atomic mass is 10.0. The Hall–Kier alpha value is -6.43. The normalized spacial score (nSPS) is 14.9. The van der Waals surface area contributed by atoms with Crippen molar-refractivity contribution in [3.63, 3.8) is 0 Å². The van der Waals surface area contributed by atoms with Crippen LogP contribution in [0.2, 0.25) is 0 Å². The second kappa shape index (κ2) is 28.3. The minimum Gasteiger partial charge on any atom is -0.444 e. The molecule has 0 unspecified atom stereocenters. The smallest absolute Gasteiger partial charge is 0.408 e. The summed E-state index contributed by atoms with van der Waals surface area (Å²) in [6.45, 7) is 13.7. The molecule has 14 N–H and O–H groups in total. The Balaban J connectivity index is 2.29. The third-order valence-electron chi connectivity index (χ3n) is 10.5. The molecule has 1 aromatic heterocycles. The van der Waals surface area contributed by atoms with Crippen LogP contribution in [0.1, 0.15) is 93.6 Å². The number of rotatable bonds is 28. The lowest BCUT2D eigenvalue weighted by molar-refractivity contribution is -0.135. The number of aliphatic hydroxyl groups is 1. The van der Waals surface area contributed by atoms with Crippen molar-refractivity contribution in [3.8, 4) is 0 Å². The van der Waals surface area contributed by atoms with Gasteiger partial charge in [-0.25, -0.2) is 4.79 Å². The molecule has 2 rings (SSSR count). The summed E-state index contributed by atoms with van der Waals surface area (Å²) in [5, 5.41) is 31.2. The van der Waals surface area contributed by atoms with Crippen LogP contribution in [0.25, 0.3) is 10.9 Å². The van der Waals surface area contributed by atoms with Crippen molar-refractivity contribution in [1.29, 1.82) is 0 Å². The van der Waals surface area contributed by atoms with Crippen LogP contribution in [0.5, 0.6) is 0 Å². The number of hydrogen-bond donors (Lipinski definition) is 12. The largest absolute Gasteiger partial charge is 0.444 e. The molecule has 23 nitrogen and oxygen atoms in total. The van der Waals surface area contributed by atoms with Gasteiger partial charge >= 0.3 is 6.09 Å². The molecule has 2 aromatic rings. The molecular weight excluding hydrogens is 931 g/mol. The first-order chi connectivity index (χ1) is 32.6. The molecule has 1 heterocycles. The maximum Gasteiger partial charge on any atom is 0.408 e. The van der Waals surface area contributed by atoms with Crippen LogP contribution in [0.3, 0.4) is 0 Å². The summed E-state index contributed by atoms with van der Waals surface area (Å²) in [6.07, 6.45) is 0.578. The third-order valence-corrected chi connectivity index (χ3v) is 11.2. The molecule has 1 aromatic carbocycles. The Labute approximate surface area is 412 Å². The average molecular weight is 1000 g/mol. The van der Waals surface area contributed by atoms with E-state index in [1.807, 2.05) is 20.1 Å². The minimum absolute atomic E-state index is 0.0457. The predicted octanol–water partition coefficient (Wildman–Crippen LogP) is -0.765.